The number of carbonyl (C=O) groups excluding carboxylic acids is 2. The molecule has 0 aromatic carbocycles. The summed E-state index contributed by atoms with van der Waals surface area (Å²) < 4.78 is 4.78. The first-order valence-corrected chi connectivity index (χ1v) is 4.42. The fourth-order valence-electron chi connectivity index (χ4n) is 1.81. The van der Waals surface area contributed by atoms with E-state index in [-0.39, 0.29) is 17.9 Å². The summed E-state index contributed by atoms with van der Waals surface area (Å²) in [5, 5.41) is 0. The van der Waals surface area contributed by atoms with Crippen molar-refractivity contribution in [2.75, 3.05) is 6.61 Å². The summed E-state index contributed by atoms with van der Waals surface area (Å²) in [6.07, 6.45) is 3.98. The van der Waals surface area contributed by atoms with E-state index in [4.69, 9.17) is 4.74 Å². The zero-order valence-electron chi connectivity index (χ0n) is 7.40. The summed E-state index contributed by atoms with van der Waals surface area (Å²) in [6, 6.07) is -0.0588. The third kappa shape index (κ3) is 1.13. The Bertz CT molecular complexity index is 285. The van der Waals surface area contributed by atoms with Gasteiger partial charge in [-0.05, 0) is 13.3 Å². The van der Waals surface area contributed by atoms with Gasteiger partial charge in [0.15, 0.2) is 0 Å². The third-order valence-corrected chi connectivity index (χ3v) is 2.41. The minimum Gasteiger partial charge on any atom is -0.449 e. The Kier molecular flexibility index (Phi) is 1.83. The van der Waals surface area contributed by atoms with E-state index in [0.717, 1.165) is 6.42 Å². The maximum absolute atomic E-state index is 11.5. The zero-order valence-corrected chi connectivity index (χ0v) is 7.40. The number of amides is 2. The molecule has 1 fully saturated rings. The lowest BCUT2D eigenvalue weighted by molar-refractivity contribution is -0.129. The largest absolute Gasteiger partial charge is 0.449 e. The summed E-state index contributed by atoms with van der Waals surface area (Å²) in [5.74, 6) is -0.208. The lowest BCUT2D eigenvalue weighted by Crippen LogP contribution is -2.40. The molecule has 0 aromatic heterocycles. The summed E-state index contributed by atoms with van der Waals surface area (Å²) >= 11 is 0. The quantitative estimate of drug-likeness (QED) is 0.565. The van der Waals surface area contributed by atoms with E-state index in [1.807, 2.05) is 12.2 Å². The first kappa shape index (κ1) is 8.29. The highest BCUT2D eigenvalue weighted by molar-refractivity contribution is 5.97. The molecule has 0 spiro atoms. The normalized spacial score (nSPS) is 29.9. The Balaban J connectivity index is 2.13. The molecular formula is C9H11NO3. The molecule has 0 N–H and O–H groups in total. The van der Waals surface area contributed by atoms with Crippen molar-refractivity contribution < 1.29 is 14.3 Å². The number of rotatable bonds is 1. The van der Waals surface area contributed by atoms with Gasteiger partial charge < -0.3 is 4.74 Å². The van der Waals surface area contributed by atoms with Crippen LogP contribution in [0.4, 0.5) is 4.79 Å². The summed E-state index contributed by atoms with van der Waals surface area (Å²) in [4.78, 5) is 24.0. The van der Waals surface area contributed by atoms with Crippen molar-refractivity contribution in [2.45, 2.75) is 19.4 Å². The molecule has 2 amide bonds. The number of likely N-dealkylation sites (tertiary alicyclic amines) is 1. The van der Waals surface area contributed by atoms with Crippen LogP contribution in [0.2, 0.25) is 0 Å². The van der Waals surface area contributed by atoms with E-state index in [0.29, 0.717) is 6.61 Å². The highest BCUT2D eigenvalue weighted by Crippen LogP contribution is 2.32. The molecule has 2 bridgehead atoms. The Morgan fingerprint density at radius 2 is 2.46 bits per heavy atom. The van der Waals surface area contributed by atoms with Crippen LogP contribution in [-0.4, -0.2) is 29.5 Å². The van der Waals surface area contributed by atoms with E-state index in [1.54, 1.807) is 6.92 Å². The minimum atomic E-state index is -0.510. The Morgan fingerprint density at radius 3 is 3.00 bits per heavy atom. The molecule has 4 nitrogen and oxygen atoms in total. The molecule has 0 aromatic rings. The van der Waals surface area contributed by atoms with Gasteiger partial charge in [-0.25, -0.2) is 9.69 Å². The van der Waals surface area contributed by atoms with Crippen LogP contribution in [0.1, 0.15) is 13.3 Å². The molecule has 13 heavy (non-hydrogen) atoms. The maximum Gasteiger partial charge on any atom is 0.417 e. The smallest absolute Gasteiger partial charge is 0.417 e. The SMILES string of the molecule is CCOC(=O)N1C(=O)C2C=CC1C2. The van der Waals surface area contributed by atoms with Crippen molar-refractivity contribution in [1.82, 2.24) is 4.90 Å². The van der Waals surface area contributed by atoms with E-state index in [9.17, 15) is 9.59 Å². The number of ether oxygens (including phenoxy) is 1. The molecule has 1 aliphatic heterocycles. The monoisotopic (exact) mass is 181 g/mol. The Hall–Kier alpha value is -1.32. The second kappa shape index (κ2) is 2.87. The van der Waals surface area contributed by atoms with Crippen LogP contribution in [0.5, 0.6) is 0 Å². The van der Waals surface area contributed by atoms with Crippen molar-refractivity contribution in [3.63, 3.8) is 0 Å². The van der Waals surface area contributed by atoms with E-state index < -0.39 is 6.09 Å². The van der Waals surface area contributed by atoms with Crippen LogP contribution in [0.15, 0.2) is 12.2 Å². The summed E-state index contributed by atoms with van der Waals surface area (Å²) in [5.41, 5.74) is 0. The van der Waals surface area contributed by atoms with Gasteiger partial charge in [0.25, 0.3) is 0 Å². The first-order valence-electron chi connectivity index (χ1n) is 4.42. The molecule has 2 aliphatic rings. The average Bonchev–Trinajstić information content (AvgIpc) is 2.63. The highest BCUT2D eigenvalue weighted by Gasteiger charge is 2.44. The molecule has 4 heteroatoms. The number of hydrogen-bond donors (Lipinski definition) is 0. The molecule has 0 saturated carbocycles. The van der Waals surface area contributed by atoms with Gasteiger partial charge in [0.1, 0.15) is 0 Å². The Labute approximate surface area is 76.2 Å². The standard InChI is InChI=1S/C9H11NO3/c1-2-13-9(12)10-7-4-3-6(5-7)8(10)11/h3-4,6-7H,2,5H2,1H3. The van der Waals surface area contributed by atoms with Gasteiger partial charge in [0, 0.05) is 0 Å². The lowest BCUT2D eigenvalue weighted by atomic mass is 10.1. The summed E-state index contributed by atoms with van der Waals surface area (Å²) in [6.45, 7) is 2.04. The molecule has 2 rings (SSSR count). The topological polar surface area (TPSA) is 46.6 Å². The molecular weight excluding hydrogens is 170 g/mol. The van der Waals surface area contributed by atoms with Gasteiger partial charge in [0.05, 0.1) is 18.6 Å². The van der Waals surface area contributed by atoms with Crippen molar-refractivity contribution in [2.24, 2.45) is 5.92 Å². The van der Waals surface area contributed by atoms with Crippen LogP contribution < -0.4 is 0 Å². The van der Waals surface area contributed by atoms with Crippen molar-refractivity contribution in [3.8, 4) is 0 Å². The van der Waals surface area contributed by atoms with Crippen molar-refractivity contribution >= 4 is 12.0 Å². The molecule has 0 radical (unpaired) electrons. The van der Waals surface area contributed by atoms with Gasteiger partial charge in [-0.3, -0.25) is 4.79 Å². The van der Waals surface area contributed by atoms with Crippen LogP contribution in [-0.2, 0) is 9.53 Å². The van der Waals surface area contributed by atoms with E-state index in [1.165, 1.54) is 4.90 Å². The number of imide groups is 1. The van der Waals surface area contributed by atoms with Gasteiger partial charge in [-0.1, -0.05) is 12.2 Å². The van der Waals surface area contributed by atoms with E-state index >= 15 is 0 Å². The molecule has 70 valence electrons. The number of hydrogen-bond acceptors (Lipinski definition) is 3. The molecule has 2 unspecified atom stereocenters. The predicted octanol–water partition coefficient (Wildman–Crippen LogP) is 0.930. The third-order valence-electron chi connectivity index (χ3n) is 2.41. The predicted molar refractivity (Wildman–Crippen MR) is 44.9 cm³/mol. The zero-order chi connectivity index (χ0) is 9.42. The van der Waals surface area contributed by atoms with Crippen LogP contribution >= 0.6 is 0 Å². The van der Waals surface area contributed by atoms with Gasteiger partial charge >= 0.3 is 6.09 Å². The fourth-order valence-corrected chi connectivity index (χ4v) is 1.81. The lowest BCUT2D eigenvalue weighted by Gasteiger charge is -2.20. The number of nitrogens with zero attached hydrogens (tertiary/aromatic N) is 1. The van der Waals surface area contributed by atoms with Gasteiger partial charge in [-0.15, -0.1) is 0 Å². The fraction of sp³-hybridized carbons (Fsp3) is 0.556. The molecule has 1 aliphatic carbocycles. The average molecular weight is 181 g/mol. The van der Waals surface area contributed by atoms with Crippen molar-refractivity contribution in [3.05, 3.63) is 12.2 Å². The van der Waals surface area contributed by atoms with Crippen LogP contribution in [0.3, 0.4) is 0 Å². The second-order valence-corrected chi connectivity index (χ2v) is 3.20. The number of carbonyl (C=O) groups is 2. The first-order chi connectivity index (χ1) is 6.24. The highest BCUT2D eigenvalue weighted by atomic mass is 16.6. The minimum absolute atomic E-state index is 0.0588. The summed E-state index contributed by atoms with van der Waals surface area (Å²) in [7, 11) is 0. The number of fused-ring (bicyclic) bond motifs is 2. The van der Waals surface area contributed by atoms with Crippen molar-refractivity contribution in [1.29, 1.82) is 0 Å². The van der Waals surface area contributed by atoms with Crippen LogP contribution in [0.25, 0.3) is 0 Å². The molecule has 2 atom stereocenters. The van der Waals surface area contributed by atoms with Crippen LogP contribution in [0, 0.1) is 5.92 Å². The van der Waals surface area contributed by atoms with Gasteiger partial charge in [0.2, 0.25) is 5.91 Å². The van der Waals surface area contributed by atoms with Gasteiger partial charge in [-0.2, -0.15) is 0 Å². The van der Waals surface area contributed by atoms with E-state index in [2.05, 4.69) is 0 Å². The second-order valence-electron chi connectivity index (χ2n) is 3.20. The molecule has 1 heterocycles. The Morgan fingerprint density at radius 1 is 1.69 bits per heavy atom. The maximum atomic E-state index is 11.5. The molecule has 1 saturated heterocycles.